The van der Waals surface area contributed by atoms with Gasteiger partial charge in [0.1, 0.15) is 0 Å². The second-order valence-corrected chi connectivity index (χ2v) is 5.87. The minimum atomic E-state index is 0.577. The number of para-hydroxylation sites is 1. The van der Waals surface area contributed by atoms with Crippen molar-refractivity contribution < 1.29 is 0 Å². The molecular weight excluding hydrogens is 347 g/mol. The van der Waals surface area contributed by atoms with Crippen LogP contribution in [0, 0.1) is 3.57 Å². The lowest BCUT2D eigenvalue weighted by molar-refractivity contribution is 0.830. The van der Waals surface area contributed by atoms with Crippen LogP contribution in [0.4, 0.5) is 0 Å². The first kappa shape index (κ1) is 12.7. The molecule has 0 aliphatic rings. The summed E-state index contributed by atoms with van der Waals surface area (Å²) in [5, 5.41) is 1.26. The third kappa shape index (κ3) is 2.53. The Bertz CT molecular complexity index is 698. The molecule has 0 spiro atoms. The zero-order valence-electron chi connectivity index (χ0n) is 10.5. The maximum atomic E-state index is 5.84. The van der Waals surface area contributed by atoms with Crippen LogP contribution in [0.5, 0.6) is 0 Å². The molecule has 0 amide bonds. The van der Waals surface area contributed by atoms with E-state index in [1.165, 1.54) is 25.6 Å². The monoisotopic (exact) mass is 362 g/mol. The highest BCUT2D eigenvalue weighted by molar-refractivity contribution is 14.1. The molecule has 3 rings (SSSR count). The summed E-state index contributed by atoms with van der Waals surface area (Å²) in [4.78, 5) is 0. The number of fused-ring (bicyclic) bond motifs is 1. The van der Waals surface area contributed by atoms with Crippen molar-refractivity contribution in [1.82, 2.24) is 4.57 Å². The normalized spacial score (nSPS) is 11.1. The predicted octanol–water partition coefficient (Wildman–Crippen LogP) is 3.75. The molecule has 1 aromatic heterocycles. The van der Waals surface area contributed by atoms with Gasteiger partial charge in [0.15, 0.2) is 0 Å². The molecular formula is C16H15IN2. The first-order chi connectivity index (χ1) is 9.28. The molecule has 3 heteroatoms. The molecule has 0 aliphatic heterocycles. The van der Waals surface area contributed by atoms with Crippen molar-refractivity contribution in [2.24, 2.45) is 5.73 Å². The number of nitrogens with two attached hydrogens (primary N) is 1. The van der Waals surface area contributed by atoms with E-state index in [1.54, 1.807) is 0 Å². The maximum Gasteiger partial charge on any atom is 0.0528 e. The van der Waals surface area contributed by atoms with E-state index < -0.39 is 0 Å². The van der Waals surface area contributed by atoms with Crippen molar-refractivity contribution >= 4 is 33.5 Å². The number of halogens is 1. The average molecular weight is 362 g/mol. The first-order valence-electron chi connectivity index (χ1n) is 6.29. The quantitative estimate of drug-likeness (QED) is 0.707. The molecule has 0 aliphatic carbocycles. The smallest absolute Gasteiger partial charge is 0.0528 e. The van der Waals surface area contributed by atoms with Gasteiger partial charge in [-0.3, -0.25) is 0 Å². The summed E-state index contributed by atoms with van der Waals surface area (Å²) < 4.78 is 3.54. The third-order valence-corrected chi connectivity index (χ3v) is 4.08. The zero-order valence-corrected chi connectivity index (χ0v) is 12.7. The molecule has 1 heterocycles. The lowest BCUT2D eigenvalue weighted by Gasteiger charge is -2.09. The molecule has 0 radical (unpaired) electrons. The van der Waals surface area contributed by atoms with Crippen molar-refractivity contribution in [3.63, 3.8) is 0 Å². The van der Waals surface area contributed by atoms with Gasteiger partial charge < -0.3 is 10.3 Å². The van der Waals surface area contributed by atoms with Gasteiger partial charge >= 0.3 is 0 Å². The van der Waals surface area contributed by atoms with Crippen molar-refractivity contribution in [3.8, 4) is 0 Å². The van der Waals surface area contributed by atoms with E-state index in [0.717, 1.165) is 6.54 Å². The minimum Gasteiger partial charge on any atom is -0.343 e. The fraction of sp³-hybridized carbons (Fsp3) is 0.125. The summed E-state index contributed by atoms with van der Waals surface area (Å²) in [6.07, 6.45) is 2.14. The number of hydrogen-bond acceptors (Lipinski definition) is 1. The van der Waals surface area contributed by atoms with E-state index in [-0.39, 0.29) is 0 Å². The molecule has 96 valence electrons. The highest BCUT2D eigenvalue weighted by Gasteiger charge is 2.05. The van der Waals surface area contributed by atoms with Gasteiger partial charge in [0.05, 0.1) is 5.52 Å². The summed E-state index contributed by atoms with van der Waals surface area (Å²) in [7, 11) is 0. The van der Waals surface area contributed by atoms with E-state index in [2.05, 4.69) is 81.9 Å². The van der Waals surface area contributed by atoms with Gasteiger partial charge in [-0.1, -0.05) is 30.3 Å². The molecule has 2 aromatic carbocycles. The lowest BCUT2D eigenvalue weighted by Crippen LogP contribution is -2.03. The Kier molecular flexibility index (Phi) is 3.57. The summed E-state index contributed by atoms with van der Waals surface area (Å²) in [6.45, 7) is 1.46. The third-order valence-electron chi connectivity index (χ3n) is 3.36. The van der Waals surface area contributed by atoms with Crippen LogP contribution in [0.1, 0.15) is 11.1 Å². The molecule has 2 N–H and O–H groups in total. The fourth-order valence-corrected chi connectivity index (χ4v) is 2.78. The van der Waals surface area contributed by atoms with E-state index in [9.17, 15) is 0 Å². The predicted molar refractivity (Wildman–Crippen MR) is 88.1 cm³/mol. The van der Waals surface area contributed by atoms with Crippen LogP contribution < -0.4 is 5.73 Å². The van der Waals surface area contributed by atoms with E-state index in [1.807, 2.05) is 0 Å². The Hall–Kier alpha value is -1.33. The standard InChI is InChI=1S/C16H15IN2/c17-15-6-4-12(5-7-15)11-19-9-8-13-2-1-3-14(10-18)16(13)19/h1-9H,10-11,18H2. The fourth-order valence-electron chi connectivity index (χ4n) is 2.42. The van der Waals surface area contributed by atoms with E-state index in [4.69, 9.17) is 5.73 Å². The number of benzene rings is 2. The maximum absolute atomic E-state index is 5.84. The highest BCUT2D eigenvalue weighted by atomic mass is 127. The van der Waals surface area contributed by atoms with Gasteiger partial charge in [0.25, 0.3) is 0 Å². The number of hydrogen-bond donors (Lipinski definition) is 1. The topological polar surface area (TPSA) is 30.9 Å². The minimum absolute atomic E-state index is 0.577. The SMILES string of the molecule is NCc1cccc2ccn(Cc3ccc(I)cc3)c12. The van der Waals surface area contributed by atoms with Crippen LogP contribution in [0.2, 0.25) is 0 Å². The van der Waals surface area contributed by atoms with Gasteiger partial charge in [0.2, 0.25) is 0 Å². The van der Waals surface area contributed by atoms with Crippen molar-refractivity contribution in [3.05, 3.63) is 69.4 Å². The molecule has 0 bridgehead atoms. The molecule has 0 saturated carbocycles. The molecule has 0 atom stereocenters. The number of aromatic nitrogens is 1. The summed E-state index contributed by atoms with van der Waals surface area (Å²) in [6, 6.07) is 17.1. The molecule has 0 fully saturated rings. The van der Waals surface area contributed by atoms with Gasteiger partial charge in [-0.2, -0.15) is 0 Å². The van der Waals surface area contributed by atoms with Crippen LogP contribution in [0.25, 0.3) is 10.9 Å². The molecule has 19 heavy (non-hydrogen) atoms. The Labute approximate surface area is 126 Å². The Morgan fingerprint density at radius 1 is 1.00 bits per heavy atom. The van der Waals surface area contributed by atoms with Crippen LogP contribution in [-0.2, 0) is 13.1 Å². The number of nitrogens with zero attached hydrogens (tertiary/aromatic N) is 1. The van der Waals surface area contributed by atoms with Gasteiger partial charge in [-0.15, -0.1) is 0 Å². The van der Waals surface area contributed by atoms with E-state index in [0.29, 0.717) is 6.54 Å². The zero-order chi connectivity index (χ0) is 13.2. The number of rotatable bonds is 3. The van der Waals surface area contributed by atoms with Crippen molar-refractivity contribution in [1.29, 1.82) is 0 Å². The highest BCUT2D eigenvalue weighted by Crippen LogP contribution is 2.21. The lowest BCUT2D eigenvalue weighted by atomic mass is 10.1. The Balaban J connectivity index is 2.03. The van der Waals surface area contributed by atoms with Gasteiger partial charge in [-0.05, 0) is 57.3 Å². The second-order valence-electron chi connectivity index (χ2n) is 4.63. The van der Waals surface area contributed by atoms with Crippen LogP contribution in [-0.4, -0.2) is 4.57 Å². The first-order valence-corrected chi connectivity index (χ1v) is 7.37. The van der Waals surface area contributed by atoms with Crippen LogP contribution in [0.15, 0.2) is 54.7 Å². The van der Waals surface area contributed by atoms with Gasteiger partial charge in [0, 0.05) is 22.9 Å². The average Bonchev–Trinajstić information content (AvgIpc) is 2.85. The van der Waals surface area contributed by atoms with Crippen LogP contribution >= 0.6 is 22.6 Å². The summed E-state index contributed by atoms with van der Waals surface area (Å²) in [5.74, 6) is 0. The molecule has 2 nitrogen and oxygen atoms in total. The van der Waals surface area contributed by atoms with E-state index >= 15 is 0 Å². The largest absolute Gasteiger partial charge is 0.343 e. The molecule has 3 aromatic rings. The van der Waals surface area contributed by atoms with Gasteiger partial charge in [-0.25, -0.2) is 0 Å². The molecule has 0 unspecified atom stereocenters. The molecule has 0 saturated heterocycles. The van der Waals surface area contributed by atoms with Crippen LogP contribution in [0.3, 0.4) is 0 Å². The van der Waals surface area contributed by atoms with Crippen molar-refractivity contribution in [2.75, 3.05) is 0 Å². The Morgan fingerprint density at radius 2 is 1.79 bits per heavy atom. The summed E-state index contributed by atoms with van der Waals surface area (Å²) in [5.41, 5.74) is 9.61. The summed E-state index contributed by atoms with van der Waals surface area (Å²) >= 11 is 2.33. The van der Waals surface area contributed by atoms with Crippen molar-refractivity contribution in [2.45, 2.75) is 13.1 Å². The second kappa shape index (κ2) is 5.35. The Morgan fingerprint density at radius 3 is 2.53 bits per heavy atom.